The molecule has 1 heterocycles. The van der Waals surface area contributed by atoms with Crippen molar-refractivity contribution >= 4 is 27.7 Å². The van der Waals surface area contributed by atoms with Gasteiger partial charge in [-0.25, -0.2) is 0 Å². The summed E-state index contributed by atoms with van der Waals surface area (Å²) in [6.45, 7) is 8.88. The first-order chi connectivity index (χ1) is 13.2. The van der Waals surface area contributed by atoms with E-state index >= 15 is 0 Å². The fraction of sp³-hybridized carbons (Fsp3) is 0.619. The zero-order valence-corrected chi connectivity index (χ0v) is 18.7. The first-order valence-corrected chi connectivity index (χ1v) is 10.6. The normalized spacial score (nSPS) is 16.6. The average Bonchev–Trinajstić information content (AvgIpc) is 2.63. The van der Waals surface area contributed by atoms with Crippen LogP contribution >= 0.6 is 15.9 Å². The lowest BCUT2D eigenvalue weighted by molar-refractivity contribution is -0.152. The van der Waals surface area contributed by atoms with Crippen LogP contribution in [0.1, 0.15) is 50.0 Å². The molecule has 1 aliphatic rings. The molecule has 0 bridgehead atoms. The van der Waals surface area contributed by atoms with Gasteiger partial charge >= 0.3 is 0 Å². The van der Waals surface area contributed by atoms with Crippen molar-refractivity contribution in [2.45, 2.75) is 52.2 Å². The Bertz CT molecular complexity index is 702. The molecular formula is C21H31BrN2O4. The van der Waals surface area contributed by atoms with Crippen molar-refractivity contribution in [3.63, 3.8) is 0 Å². The highest BCUT2D eigenvalue weighted by Crippen LogP contribution is 2.24. The highest BCUT2D eigenvalue weighted by Gasteiger charge is 2.47. The summed E-state index contributed by atoms with van der Waals surface area (Å²) in [6.07, 6.45) is 1.19. The SMILES string of the molecule is CCc1cc(C(=O)NC2(CO)CN(C(=O)C(C)OCCC(C)C)C2)ccc1Br. The van der Waals surface area contributed by atoms with Gasteiger partial charge in [0.2, 0.25) is 0 Å². The molecule has 1 saturated heterocycles. The number of rotatable bonds is 9. The lowest BCUT2D eigenvalue weighted by atomic mass is 9.89. The molecule has 1 atom stereocenters. The number of aliphatic hydroxyl groups excluding tert-OH is 1. The second-order valence-corrected chi connectivity index (χ2v) is 8.80. The minimum Gasteiger partial charge on any atom is -0.394 e. The number of benzene rings is 1. The Hall–Kier alpha value is -1.44. The largest absolute Gasteiger partial charge is 0.394 e. The summed E-state index contributed by atoms with van der Waals surface area (Å²) in [5.74, 6) is 0.166. The maximum absolute atomic E-state index is 12.6. The maximum Gasteiger partial charge on any atom is 0.251 e. The quantitative estimate of drug-likeness (QED) is 0.601. The number of carbonyl (C=O) groups excluding carboxylic acids is 2. The van der Waals surface area contributed by atoms with E-state index in [1.54, 1.807) is 17.9 Å². The smallest absolute Gasteiger partial charge is 0.251 e. The van der Waals surface area contributed by atoms with Gasteiger partial charge in [-0.15, -0.1) is 0 Å². The number of halogens is 1. The first kappa shape index (κ1) is 22.8. The molecule has 0 aromatic heterocycles. The van der Waals surface area contributed by atoms with Crippen LogP contribution in [0.3, 0.4) is 0 Å². The van der Waals surface area contributed by atoms with Gasteiger partial charge in [0.15, 0.2) is 0 Å². The molecule has 28 heavy (non-hydrogen) atoms. The van der Waals surface area contributed by atoms with E-state index < -0.39 is 11.6 Å². The number of carbonyl (C=O) groups is 2. The number of nitrogens with one attached hydrogen (secondary N) is 1. The van der Waals surface area contributed by atoms with Gasteiger partial charge in [0.25, 0.3) is 11.8 Å². The molecule has 2 amide bonds. The van der Waals surface area contributed by atoms with E-state index in [-0.39, 0.29) is 31.5 Å². The zero-order valence-electron chi connectivity index (χ0n) is 17.1. The van der Waals surface area contributed by atoms with Crippen LogP contribution in [0.25, 0.3) is 0 Å². The molecule has 1 aromatic carbocycles. The molecule has 6 nitrogen and oxygen atoms in total. The van der Waals surface area contributed by atoms with Crippen molar-refractivity contribution in [3.05, 3.63) is 33.8 Å². The summed E-state index contributed by atoms with van der Waals surface area (Å²) in [5, 5.41) is 12.7. The molecule has 1 unspecified atom stereocenters. The van der Waals surface area contributed by atoms with Crippen molar-refractivity contribution in [2.75, 3.05) is 26.3 Å². The predicted octanol–water partition coefficient (Wildman–Crippen LogP) is 2.77. The van der Waals surface area contributed by atoms with Crippen molar-refractivity contribution in [2.24, 2.45) is 5.92 Å². The van der Waals surface area contributed by atoms with Gasteiger partial charge in [0.1, 0.15) is 6.10 Å². The number of ether oxygens (including phenoxy) is 1. The Morgan fingerprint density at radius 2 is 2.00 bits per heavy atom. The molecule has 2 N–H and O–H groups in total. The average molecular weight is 455 g/mol. The number of nitrogens with zero attached hydrogens (tertiary/aromatic N) is 1. The van der Waals surface area contributed by atoms with Crippen LogP contribution in [0.4, 0.5) is 0 Å². The summed E-state index contributed by atoms with van der Waals surface area (Å²) in [5.41, 5.74) is 0.788. The van der Waals surface area contributed by atoms with Gasteiger partial charge in [-0.1, -0.05) is 36.7 Å². The van der Waals surface area contributed by atoms with Crippen LogP contribution in [0.2, 0.25) is 0 Å². The lowest BCUT2D eigenvalue weighted by Crippen LogP contribution is -2.74. The fourth-order valence-corrected chi connectivity index (χ4v) is 3.69. The Kier molecular flexibility index (Phi) is 8.04. The Morgan fingerprint density at radius 1 is 1.32 bits per heavy atom. The van der Waals surface area contributed by atoms with Crippen LogP contribution in [0, 0.1) is 5.92 Å². The topological polar surface area (TPSA) is 78.9 Å². The number of likely N-dealkylation sites (tertiary alicyclic amines) is 1. The van der Waals surface area contributed by atoms with Crippen molar-refractivity contribution in [1.82, 2.24) is 10.2 Å². The summed E-state index contributed by atoms with van der Waals surface area (Å²) in [4.78, 5) is 26.7. The van der Waals surface area contributed by atoms with Crippen LogP contribution in [0.15, 0.2) is 22.7 Å². The molecule has 1 fully saturated rings. The Labute approximate surface area is 175 Å². The highest BCUT2D eigenvalue weighted by atomic mass is 79.9. The van der Waals surface area contributed by atoms with Crippen LogP contribution in [-0.2, 0) is 16.0 Å². The van der Waals surface area contributed by atoms with Crippen LogP contribution in [0.5, 0.6) is 0 Å². The molecule has 7 heteroatoms. The summed E-state index contributed by atoms with van der Waals surface area (Å²) < 4.78 is 6.58. The number of aryl methyl sites for hydroxylation is 1. The molecule has 2 rings (SSSR count). The van der Waals surface area contributed by atoms with E-state index in [0.29, 0.717) is 18.1 Å². The van der Waals surface area contributed by atoms with Gasteiger partial charge in [-0.2, -0.15) is 0 Å². The number of amides is 2. The molecule has 156 valence electrons. The molecule has 0 saturated carbocycles. The molecule has 1 aromatic rings. The van der Waals surface area contributed by atoms with Crippen molar-refractivity contribution in [3.8, 4) is 0 Å². The van der Waals surface area contributed by atoms with Gasteiger partial charge in [-0.05, 0) is 49.4 Å². The first-order valence-electron chi connectivity index (χ1n) is 9.83. The summed E-state index contributed by atoms with van der Waals surface area (Å²) >= 11 is 3.47. The number of aliphatic hydroxyl groups is 1. The van der Waals surface area contributed by atoms with E-state index in [0.717, 1.165) is 22.9 Å². The zero-order chi connectivity index (χ0) is 20.9. The summed E-state index contributed by atoms with van der Waals surface area (Å²) in [6, 6.07) is 5.44. The van der Waals surface area contributed by atoms with E-state index in [4.69, 9.17) is 4.74 Å². The number of hydrogen-bond acceptors (Lipinski definition) is 4. The second kappa shape index (κ2) is 9.85. The fourth-order valence-electron chi connectivity index (χ4n) is 3.17. The van der Waals surface area contributed by atoms with Crippen LogP contribution in [-0.4, -0.2) is 59.8 Å². The Balaban J connectivity index is 1.92. The van der Waals surface area contributed by atoms with Crippen LogP contribution < -0.4 is 5.32 Å². The van der Waals surface area contributed by atoms with Crippen molar-refractivity contribution in [1.29, 1.82) is 0 Å². The Morgan fingerprint density at radius 3 is 2.57 bits per heavy atom. The van der Waals surface area contributed by atoms with Gasteiger partial charge in [-0.3, -0.25) is 9.59 Å². The highest BCUT2D eigenvalue weighted by molar-refractivity contribution is 9.10. The third kappa shape index (κ3) is 5.55. The predicted molar refractivity (Wildman–Crippen MR) is 112 cm³/mol. The third-order valence-corrected chi connectivity index (χ3v) is 5.85. The van der Waals surface area contributed by atoms with E-state index in [9.17, 15) is 14.7 Å². The van der Waals surface area contributed by atoms with Gasteiger partial charge in [0, 0.05) is 29.7 Å². The molecule has 0 spiro atoms. The molecule has 1 aliphatic heterocycles. The number of hydrogen-bond donors (Lipinski definition) is 2. The lowest BCUT2D eigenvalue weighted by Gasteiger charge is -2.50. The maximum atomic E-state index is 12.6. The molecule has 0 aliphatic carbocycles. The minimum absolute atomic E-state index is 0.112. The van der Waals surface area contributed by atoms with E-state index in [2.05, 4.69) is 35.1 Å². The van der Waals surface area contributed by atoms with Gasteiger partial charge < -0.3 is 20.1 Å². The van der Waals surface area contributed by atoms with E-state index in [1.165, 1.54) is 0 Å². The molecule has 0 radical (unpaired) electrons. The summed E-state index contributed by atoms with van der Waals surface area (Å²) in [7, 11) is 0. The molecular weight excluding hydrogens is 424 g/mol. The third-order valence-electron chi connectivity index (χ3n) is 5.08. The van der Waals surface area contributed by atoms with Gasteiger partial charge in [0.05, 0.1) is 12.1 Å². The monoisotopic (exact) mass is 454 g/mol. The standard InChI is InChI=1S/C21H31BrN2O4/c1-5-16-10-17(6-7-18(16)22)19(26)23-21(13-25)11-24(12-21)20(27)15(4)28-9-8-14(2)3/h6-7,10,14-15,25H,5,8-9,11-13H2,1-4H3,(H,23,26). The minimum atomic E-state index is -0.802. The second-order valence-electron chi connectivity index (χ2n) is 7.94. The van der Waals surface area contributed by atoms with Crippen molar-refractivity contribution < 1.29 is 19.4 Å². The van der Waals surface area contributed by atoms with E-state index in [1.807, 2.05) is 19.1 Å².